The van der Waals surface area contributed by atoms with Crippen LogP contribution in [0.5, 0.6) is 5.88 Å². The fourth-order valence-electron chi connectivity index (χ4n) is 1.16. The Morgan fingerprint density at radius 2 is 2.25 bits per heavy atom. The van der Waals surface area contributed by atoms with E-state index in [2.05, 4.69) is 9.72 Å². The number of aldehydes is 1. The standard InChI is InChI=1S/C8H6F2N2O4/c1-16-8-5(7(9)10)6(12(14)15)4(3-13)2-11-8/h2-3,7H,1H3. The van der Waals surface area contributed by atoms with Crippen molar-refractivity contribution in [3.05, 3.63) is 27.4 Å². The number of methoxy groups -OCH3 is 1. The van der Waals surface area contributed by atoms with E-state index in [0.717, 1.165) is 13.3 Å². The maximum Gasteiger partial charge on any atom is 0.295 e. The molecule has 0 atom stereocenters. The molecule has 8 heteroatoms. The Labute approximate surface area is 88.0 Å². The molecule has 1 aromatic rings. The third-order valence-corrected chi connectivity index (χ3v) is 1.80. The number of carbonyl (C=O) groups is 1. The lowest BCUT2D eigenvalue weighted by Crippen LogP contribution is -2.05. The fraction of sp³-hybridized carbons (Fsp3) is 0.250. The average Bonchev–Trinajstić information content (AvgIpc) is 2.26. The van der Waals surface area contributed by atoms with Gasteiger partial charge in [-0.2, -0.15) is 0 Å². The highest BCUT2D eigenvalue weighted by Gasteiger charge is 2.31. The molecule has 0 amide bonds. The van der Waals surface area contributed by atoms with E-state index in [9.17, 15) is 23.7 Å². The van der Waals surface area contributed by atoms with Crippen molar-refractivity contribution >= 4 is 12.0 Å². The molecule has 16 heavy (non-hydrogen) atoms. The van der Waals surface area contributed by atoms with Crippen LogP contribution in [0.2, 0.25) is 0 Å². The lowest BCUT2D eigenvalue weighted by atomic mass is 10.1. The Bertz CT molecular complexity index is 436. The summed E-state index contributed by atoms with van der Waals surface area (Å²) in [6.45, 7) is 0. The van der Waals surface area contributed by atoms with Crippen LogP contribution in [-0.2, 0) is 0 Å². The summed E-state index contributed by atoms with van der Waals surface area (Å²) in [6, 6.07) is 0. The summed E-state index contributed by atoms with van der Waals surface area (Å²) in [7, 11) is 1.05. The number of halogens is 2. The fourth-order valence-corrected chi connectivity index (χ4v) is 1.16. The minimum atomic E-state index is -3.15. The molecule has 0 aliphatic heterocycles. The van der Waals surface area contributed by atoms with Gasteiger partial charge >= 0.3 is 0 Å². The number of ether oxygens (including phenoxy) is 1. The van der Waals surface area contributed by atoms with Gasteiger partial charge in [-0.15, -0.1) is 0 Å². The van der Waals surface area contributed by atoms with Crippen LogP contribution in [0.4, 0.5) is 14.5 Å². The van der Waals surface area contributed by atoms with Crippen molar-refractivity contribution in [3.8, 4) is 5.88 Å². The molecule has 1 rings (SSSR count). The molecule has 0 spiro atoms. The Kier molecular flexibility index (Phi) is 3.44. The maximum absolute atomic E-state index is 12.6. The van der Waals surface area contributed by atoms with Crippen LogP contribution < -0.4 is 4.74 Å². The van der Waals surface area contributed by atoms with E-state index < -0.39 is 34.0 Å². The topological polar surface area (TPSA) is 82.3 Å². The second kappa shape index (κ2) is 4.60. The van der Waals surface area contributed by atoms with Gasteiger partial charge in [0.15, 0.2) is 11.8 Å². The Morgan fingerprint density at radius 3 is 2.62 bits per heavy atom. The first kappa shape index (κ1) is 12.0. The van der Waals surface area contributed by atoms with E-state index in [1.807, 2.05) is 0 Å². The molecule has 0 saturated carbocycles. The molecule has 0 unspecified atom stereocenters. The van der Waals surface area contributed by atoms with Crippen LogP contribution in [0.3, 0.4) is 0 Å². The quantitative estimate of drug-likeness (QED) is 0.448. The predicted octanol–water partition coefficient (Wildman–Crippen LogP) is 1.75. The molecule has 6 nitrogen and oxygen atoms in total. The highest BCUT2D eigenvalue weighted by atomic mass is 19.3. The van der Waals surface area contributed by atoms with E-state index in [0.29, 0.717) is 0 Å². The molecule has 86 valence electrons. The molecule has 1 heterocycles. The average molecular weight is 232 g/mol. The summed E-state index contributed by atoms with van der Waals surface area (Å²) < 4.78 is 29.7. The number of alkyl halides is 2. The molecule has 0 N–H and O–H groups in total. The molecular formula is C8H6F2N2O4. The first-order valence-electron chi connectivity index (χ1n) is 3.97. The molecule has 0 saturated heterocycles. The number of carbonyl (C=O) groups excluding carboxylic acids is 1. The van der Waals surface area contributed by atoms with Crippen LogP contribution in [0.25, 0.3) is 0 Å². The van der Waals surface area contributed by atoms with Crippen LogP contribution in [0.1, 0.15) is 22.3 Å². The number of nitro groups is 1. The van der Waals surface area contributed by atoms with E-state index in [1.165, 1.54) is 0 Å². The van der Waals surface area contributed by atoms with Gasteiger partial charge in [0.1, 0.15) is 5.56 Å². The van der Waals surface area contributed by atoms with Crippen molar-refractivity contribution in [2.75, 3.05) is 7.11 Å². The van der Waals surface area contributed by atoms with E-state index in [-0.39, 0.29) is 6.29 Å². The SMILES string of the molecule is COc1ncc(C=O)c([N+](=O)[O-])c1C(F)F. The Balaban J connectivity index is 3.59. The molecular weight excluding hydrogens is 226 g/mol. The van der Waals surface area contributed by atoms with Crippen LogP contribution in [-0.4, -0.2) is 23.3 Å². The van der Waals surface area contributed by atoms with Crippen LogP contribution in [0.15, 0.2) is 6.20 Å². The second-order valence-electron chi connectivity index (χ2n) is 2.66. The minimum absolute atomic E-state index is 0.0937. The number of hydrogen-bond acceptors (Lipinski definition) is 5. The van der Waals surface area contributed by atoms with Crippen molar-refractivity contribution in [3.63, 3.8) is 0 Å². The van der Waals surface area contributed by atoms with Gasteiger partial charge in [0.05, 0.1) is 12.0 Å². The molecule has 0 aromatic carbocycles. The Morgan fingerprint density at radius 1 is 1.62 bits per heavy atom. The zero-order valence-electron chi connectivity index (χ0n) is 8.02. The van der Waals surface area contributed by atoms with Crippen molar-refractivity contribution in [1.29, 1.82) is 0 Å². The van der Waals surface area contributed by atoms with Crippen molar-refractivity contribution in [2.45, 2.75) is 6.43 Å². The predicted molar refractivity (Wildman–Crippen MR) is 47.8 cm³/mol. The monoisotopic (exact) mass is 232 g/mol. The molecule has 0 radical (unpaired) electrons. The van der Waals surface area contributed by atoms with Crippen molar-refractivity contribution in [1.82, 2.24) is 4.98 Å². The number of hydrogen-bond donors (Lipinski definition) is 0. The molecule has 0 aliphatic carbocycles. The number of nitrogens with zero attached hydrogens (tertiary/aromatic N) is 2. The van der Waals surface area contributed by atoms with Gasteiger partial charge in [-0.1, -0.05) is 0 Å². The van der Waals surface area contributed by atoms with E-state index in [1.54, 1.807) is 0 Å². The van der Waals surface area contributed by atoms with E-state index >= 15 is 0 Å². The van der Waals surface area contributed by atoms with Gasteiger partial charge in [0, 0.05) is 6.20 Å². The highest BCUT2D eigenvalue weighted by Crippen LogP contribution is 2.36. The summed E-state index contributed by atoms with van der Waals surface area (Å²) in [6.07, 6.45) is -2.24. The molecule has 0 fully saturated rings. The van der Waals surface area contributed by atoms with Crippen molar-refractivity contribution in [2.24, 2.45) is 0 Å². The molecule has 0 aliphatic rings. The summed E-state index contributed by atoms with van der Waals surface area (Å²) >= 11 is 0. The zero-order valence-corrected chi connectivity index (χ0v) is 8.02. The van der Waals surface area contributed by atoms with Gasteiger partial charge in [0.2, 0.25) is 5.88 Å². The van der Waals surface area contributed by atoms with Gasteiger partial charge < -0.3 is 4.74 Å². The highest BCUT2D eigenvalue weighted by molar-refractivity contribution is 5.82. The normalized spacial score (nSPS) is 10.2. The number of rotatable bonds is 4. The lowest BCUT2D eigenvalue weighted by Gasteiger charge is -2.07. The Hall–Kier alpha value is -2.12. The van der Waals surface area contributed by atoms with Gasteiger partial charge in [-0.3, -0.25) is 14.9 Å². The lowest BCUT2D eigenvalue weighted by molar-refractivity contribution is -0.386. The zero-order chi connectivity index (χ0) is 12.3. The molecule has 1 aromatic heterocycles. The number of aromatic nitrogens is 1. The minimum Gasteiger partial charge on any atom is -0.480 e. The van der Waals surface area contributed by atoms with E-state index in [4.69, 9.17) is 0 Å². The summed E-state index contributed by atoms with van der Waals surface area (Å²) in [4.78, 5) is 23.4. The first-order chi connectivity index (χ1) is 7.52. The maximum atomic E-state index is 12.6. The van der Waals surface area contributed by atoms with Crippen molar-refractivity contribution < 1.29 is 23.2 Å². The van der Waals surface area contributed by atoms with Gasteiger partial charge in [0.25, 0.3) is 12.1 Å². The third-order valence-electron chi connectivity index (χ3n) is 1.80. The molecule has 0 bridgehead atoms. The first-order valence-corrected chi connectivity index (χ1v) is 3.97. The second-order valence-corrected chi connectivity index (χ2v) is 2.66. The summed E-state index contributed by atoms with van der Waals surface area (Å²) in [5, 5.41) is 10.6. The summed E-state index contributed by atoms with van der Waals surface area (Å²) in [5.74, 6) is -0.563. The van der Waals surface area contributed by atoms with Crippen LogP contribution >= 0.6 is 0 Å². The largest absolute Gasteiger partial charge is 0.480 e. The number of pyridine rings is 1. The van der Waals surface area contributed by atoms with Gasteiger partial charge in [-0.05, 0) is 0 Å². The third kappa shape index (κ3) is 1.95. The van der Waals surface area contributed by atoms with Gasteiger partial charge in [-0.25, -0.2) is 13.8 Å². The van der Waals surface area contributed by atoms with Crippen LogP contribution in [0, 0.1) is 10.1 Å². The summed E-state index contributed by atoms with van der Waals surface area (Å²) in [5.41, 5.74) is -2.48. The smallest absolute Gasteiger partial charge is 0.295 e.